The number of aliphatic hydroxyl groups excluding tert-OH is 1. The van der Waals surface area contributed by atoms with Crippen LogP contribution in [0.2, 0.25) is 0 Å². The van der Waals surface area contributed by atoms with Crippen molar-refractivity contribution in [1.82, 2.24) is 4.90 Å². The molecule has 2 aromatic rings. The molecular weight excluding hydrogens is 542 g/mol. The van der Waals surface area contributed by atoms with Gasteiger partial charge in [0, 0.05) is 13.6 Å². The Bertz CT molecular complexity index is 1190. The summed E-state index contributed by atoms with van der Waals surface area (Å²) >= 11 is 1.74. The minimum Gasteiger partial charge on any atom is -0.508 e. The van der Waals surface area contributed by atoms with Crippen LogP contribution in [0.25, 0.3) is 0 Å². The first-order chi connectivity index (χ1) is 20.3. The van der Waals surface area contributed by atoms with E-state index < -0.39 is 0 Å². The Kier molecular flexibility index (Phi) is 10.5. The summed E-state index contributed by atoms with van der Waals surface area (Å²) in [5, 5.41) is 21.3. The van der Waals surface area contributed by atoms with E-state index in [-0.39, 0.29) is 17.4 Å². The van der Waals surface area contributed by atoms with Gasteiger partial charge in [0.15, 0.2) is 0 Å². The summed E-state index contributed by atoms with van der Waals surface area (Å²) in [6.45, 7) is 6.06. The molecule has 0 bridgehead atoms. The third kappa shape index (κ3) is 6.80. The smallest absolute Gasteiger partial charge is 0.232 e. The molecule has 5 rings (SSSR count). The lowest BCUT2D eigenvalue weighted by Crippen LogP contribution is -2.47. The summed E-state index contributed by atoms with van der Waals surface area (Å²) in [5.41, 5.74) is 4.01. The van der Waals surface area contributed by atoms with Crippen LogP contribution in [0.15, 0.2) is 42.5 Å². The molecule has 3 aliphatic rings. The van der Waals surface area contributed by atoms with Crippen molar-refractivity contribution in [3.8, 4) is 11.5 Å². The summed E-state index contributed by atoms with van der Waals surface area (Å²) in [7, 11) is 1.91. The highest BCUT2D eigenvalue weighted by molar-refractivity contribution is 7.99. The molecule has 2 fully saturated rings. The highest BCUT2D eigenvalue weighted by atomic mass is 32.2. The maximum atomic E-state index is 12.1. The van der Waals surface area contributed by atoms with E-state index in [1.807, 2.05) is 24.1 Å². The zero-order chi connectivity index (χ0) is 29.7. The van der Waals surface area contributed by atoms with E-state index in [0.29, 0.717) is 41.8 Å². The molecule has 0 aromatic heterocycles. The summed E-state index contributed by atoms with van der Waals surface area (Å²) in [4.78, 5) is 14.0. The summed E-state index contributed by atoms with van der Waals surface area (Å²) in [6.07, 6.45) is 10.4. The summed E-state index contributed by atoms with van der Waals surface area (Å²) in [6, 6.07) is 14.8. The monoisotopic (exact) mass is 593 g/mol. The molecule has 2 N–H and O–H groups in total. The number of phenolic OH excluding ortho intramolecular Hbond substituents is 1. The third-order valence-corrected chi connectivity index (χ3v) is 11.7. The predicted octanol–water partition coefficient (Wildman–Crippen LogP) is 7.54. The van der Waals surface area contributed by atoms with Gasteiger partial charge >= 0.3 is 0 Å². The molecule has 3 aliphatic carbocycles. The van der Waals surface area contributed by atoms with Crippen molar-refractivity contribution < 1.29 is 19.7 Å². The number of ether oxygens (including phenoxy) is 1. The van der Waals surface area contributed by atoms with E-state index in [1.165, 1.54) is 16.7 Å². The zero-order valence-electron chi connectivity index (χ0n) is 25.9. The van der Waals surface area contributed by atoms with Gasteiger partial charge < -0.3 is 19.8 Å². The van der Waals surface area contributed by atoms with Gasteiger partial charge in [-0.25, -0.2) is 0 Å². The van der Waals surface area contributed by atoms with E-state index in [1.54, 1.807) is 11.8 Å². The number of benzene rings is 2. The third-order valence-electron chi connectivity index (χ3n) is 10.7. The highest BCUT2D eigenvalue weighted by Gasteiger charge is 2.57. The van der Waals surface area contributed by atoms with Crippen molar-refractivity contribution in [3.63, 3.8) is 0 Å². The second kappa shape index (κ2) is 14.1. The number of phenols is 1. The second-order valence-corrected chi connectivity index (χ2v) is 14.4. The molecule has 0 heterocycles. The van der Waals surface area contributed by atoms with Crippen LogP contribution in [0, 0.1) is 17.3 Å². The van der Waals surface area contributed by atoms with Gasteiger partial charge in [-0.05, 0) is 134 Å². The standard InChI is InChI=1S/C36H51NO4S/c1-4-5-19-37(3)34(40)24-42-21-8-6-7-20-41-28-13-9-25(10-14-28)31-23-36(2)32(17-18-33(36)39)30-15-11-26-22-27(38)12-16-29(26)35(30)31/h9-10,12-14,16,22,30-33,35,38-39H,4-8,11,15,17-21,23-24H2,1-3H3. The molecule has 0 saturated heterocycles. The molecule has 230 valence electrons. The van der Waals surface area contributed by atoms with Crippen LogP contribution in [0.4, 0.5) is 0 Å². The van der Waals surface area contributed by atoms with E-state index >= 15 is 0 Å². The topological polar surface area (TPSA) is 70.0 Å². The molecule has 0 aliphatic heterocycles. The molecule has 0 radical (unpaired) electrons. The fraction of sp³-hybridized carbons (Fsp3) is 0.639. The van der Waals surface area contributed by atoms with Gasteiger partial charge in [0.1, 0.15) is 11.5 Å². The van der Waals surface area contributed by atoms with Crippen molar-refractivity contribution >= 4 is 17.7 Å². The number of thioether (sulfide) groups is 1. The molecule has 1 amide bonds. The fourth-order valence-electron chi connectivity index (χ4n) is 8.27. The van der Waals surface area contributed by atoms with Crippen LogP contribution < -0.4 is 4.74 Å². The Morgan fingerprint density at radius 3 is 2.67 bits per heavy atom. The maximum Gasteiger partial charge on any atom is 0.232 e. The van der Waals surface area contributed by atoms with Gasteiger partial charge in [-0.1, -0.05) is 38.5 Å². The molecule has 6 atom stereocenters. The van der Waals surface area contributed by atoms with E-state index in [0.717, 1.165) is 82.3 Å². The lowest BCUT2D eigenvalue weighted by atomic mass is 9.51. The molecule has 5 nitrogen and oxygen atoms in total. The van der Waals surface area contributed by atoms with Gasteiger partial charge in [0.2, 0.25) is 5.91 Å². The highest BCUT2D eigenvalue weighted by Crippen LogP contribution is 2.65. The molecule has 2 aromatic carbocycles. The average molecular weight is 594 g/mol. The van der Waals surface area contributed by atoms with E-state index in [9.17, 15) is 15.0 Å². The Labute approximate surface area is 257 Å². The van der Waals surface area contributed by atoms with Crippen LogP contribution in [-0.4, -0.2) is 58.8 Å². The van der Waals surface area contributed by atoms with Crippen molar-refractivity contribution in [2.75, 3.05) is 31.7 Å². The van der Waals surface area contributed by atoms with Crippen molar-refractivity contribution in [2.24, 2.45) is 17.3 Å². The number of amides is 1. The SMILES string of the molecule is CCCCN(C)C(=O)CSCCCCCOc1ccc(C2CC3(C)C(O)CCC3C3CCc4cc(O)ccc4C23)cc1. The predicted molar refractivity (Wildman–Crippen MR) is 173 cm³/mol. The number of aliphatic hydroxyl groups is 1. The Morgan fingerprint density at radius 1 is 1.07 bits per heavy atom. The van der Waals surface area contributed by atoms with Crippen molar-refractivity contribution in [2.45, 2.75) is 96.0 Å². The van der Waals surface area contributed by atoms with Gasteiger partial charge in [0.05, 0.1) is 18.5 Å². The summed E-state index contributed by atoms with van der Waals surface area (Å²) in [5.74, 6) is 5.01. The van der Waals surface area contributed by atoms with E-state index in [4.69, 9.17) is 4.74 Å². The van der Waals surface area contributed by atoms with Gasteiger partial charge in [-0.2, -0.15) is 11.8 Å². The molecule has 0 spiro atoms. The Balaban J connectivity index is 1.14. The van der Waals surface area contributed by atoms with Gasteiger partial charge in [0.25, 0.3) is 0 Å². The average Bonchev–Trinajstić information content (AvgIpc) is 3.30. The fourth-order valence-corrected chi connectivity index (χ4v) is 9.21. The number of hydrogen-bond donors (Lipinski definition) is 2. The summed E-state index contributed by atoms with van der Waals surface area (Å²) < 4.78 is 6.11. The second-order valence-electron chi connectivity index (χ2n) is 13.3. The Hall–Kier alpha value is -2.18. The minimum absolute atomic E-state index is 0.0357. The van der Waals surface area contributed by atoms with Crippen LogP contribution in [0.5, 0.6) is 11.5 Å². The zero-order valence-corrected chi connectivity index (χ0v) is 26.7. The maximum absolute atomic E-state index is 12.1. The number of aryl methyl sites for hydroxylation is 1. The first kappa shape index (κ1) is 31.3. The molecular formula is C36H51NO4S. The number of fused-ring (bicyclic) bond motifs is 5. The number of carbonyl (C=O) groups excluding carboxylic acids is 1. The largest absolute Gasteiger partial charge is 0.508 e. The minimum atomic E-state index is -0.221. The van der Waals surface area contributed by atoms with Crippen molar-refractivity contribution in [1.29, 1.82) is 0 Å². The number of aromatic hydroxyl groups is 1. The number of rotatable bonds is 13. The van der Waals surface area contributed by atoms with Crippen LogP contribution in [0.1, 0.15) is 100 Å². The van der Waals surface area contributed by atoms with Crippen LogP contribution >= 0.6 is 11.8 Å². The first-order valence-electron chi connectivity index (χ1n) is 16.4. The van der Waals surface area contributed by atoms with Gasteiger partial charge in [-0.15, -0.1) is 0 Å². The number of carbonyl (C=O) groups is 1. The van der Waals surface area contributed by atoms with E-state index in [2.05, 4.69) is 44.2 Å². The van der Waals surface area contributed by atoms with Crippen molar-refractivity contribution in [3.05, 3.63) is 59.2 Å². The number of nitrogens with zero attached hydrogens (tertiary/aromatic N) is 1. The molecule has 2 saturated carbocycles. The lowest BCUT2D eigenvalue weighted by molar-refractivity contribution is -0.127. The van der Waals surface area contributed by atoms with Crippen LogP contribution in [-0.2, 0) is 11.2 Å². The van der Waals surface area contributed by atoms with Crippen LogP contribution in [0.3, 0.4) is 0 Å². The van der Waals surface area contributed by atoms with Gasteiger partial charge in [-0.3, -0.25) is 4.79 Å². The first-order valence-corrected chi connectivity index (χ1v) is 17.5. The normalized spacial score (nSPS) is 28.0. The quantitative estimate of drug-likeness (QED) is 0.235. The Morgan fingerprint density at radius 2 is 1.88 bits per heavy atom. The number of unbranched alkanes of at least 4 members (excludes halogenated alkanes) is 3. The molecule has 42 heavy (non-hydrogen) atoms. The molecule has 6 unspecified atom stereocenters. The number of hydrogen-bond acceptors (Lipinski definition) is 5. The molecule has 6 heteroatoms. The lowest BCUT2D eigenvalue weighted by Gasteiger charge is -2.54.